The Morgan fingerprint density at radius 1 is 0.840 bits per heavy atom. The van der Waals surface area contributed by atoms with Gasteiger partial charge < -0.3 is 55.5 Å². The highest BCUT2D eigenvalue weighted by atomic mass is 32.1. The van der Waals surface area contributed by atoms with E-state index in [9.17, 15) is 28.7 Å². The summed E-state index contributed by atoms with van der Waals surface area (Å²) in [6.45, 7) is 15.6. The van der Waals surface area contributed by atoms with E-state index in [1.807, 2.05) is 84.3 Å². The maximum atomic E-state index is 15.0. The van der Waals surface area contributed by atoms with E-state index in [1.54, 1.807) is 30.6 Å². The number of amides is 5. The van der Waals surface area contributed by atoms with Gasteiger partial charge in [0, 0.05) is 56.0 Å². The number of nitrogens with zero attached hydrogens (tertiary/aromatic N) is 5. The molecule has 1 aliphatic heterocycles. The van der Waals surface area contributed by atoms with Crippen molar-refractivity contribution in [3.63, 3.8) is 0 Å². The van der Waals surface area contributed by atoms with Gasteiger partial charge >= 0.3 is 6.03 Å². The molecule has 6 rings (SSSR count). The largest absolute Gasteiger partial charge is 0.391 e. The number of aryl methyl sites for hydroxylation is 3. The van der Waals surface area contributed by atoms with Gasteiger partial charge in [-0.25, -0.2) is 24.1 Å². The summed E-state index contributed by atoms with van der Waals surface area (Å²) in [6.07, 6.45) is 4.31. The minimum absolute atomic E-state index is 0.0282. The SMILES string of the molecule is CNc1ncc2cc(-c3cc(NC(=O)NCCCCCCOCCOCCOCCOCC(=O)N[C@@H](C(=O)N4C[C@H](O)C[C@H]4C(=O)N[C@@H](C)c4ccc(-c5scnc5C)cc4)C(C)(C)C)c(F)cc3C)c(C)nc2n1. The number of likely N-dealkylation sites (tertiary alicyclic amines) is 1. The fraction of sp³-hybridized carbons (Fsp3) is 0.519. The number of anilines is 2. The number of carbonyl (C=O) groups is 4. The quantitative estimate of drug-likeness (QED) is 0.0289. The van der Waals surface area contributed by atoms with Gasteiger partial charge in [-0.05, 0) is 86.4 Å². The maximum Gasteiger partial charge on any atom is 0.319 e. The molecule has 5 aromatic rings. The summed E-state index contributed by atoms with van der Waals surface area (Å²) in [5.74, 6) is -1.39. The molecular weight excluding hydrogens is 984 g/mol. The zero-order chi connectivity index (χ0) is 54.1. The second kappa shape index (κ2) is 28.1. The number of thiazole rings is 1. The Kier molecular flexibility index (Phi) is 21.7. The number of hydrogen-bond acceptors (Lipinski definition) is 15. The van der Waals surface area contributed by atoms with Crippen LogP contribution in [-0.4, -0.2) is 145 Å². The topological polar surface area (TPSA) is 240 Å². The second-order valence-corrected chi connectivity index (χ2v) is 20.5. The van der Waals surface area contributed by atoms with Crippen LogP contribution in [0.3, 0.4) is 0 Å². The molecule has 1 fully saturated rings. The van der Waals surface area contributed by atoms with E-state index in [2.05, 4.69) is 46.5 Å². The molecule has 4 atom stereocenters. The van der Waals surface area contributed by atoms with Crippen LogP contribution in [0.1, 0.15) is 88.4 Å². The van der Waals surface area contributed by atoms with Gasteiger partial charge in [0.2, 0.25) is 23.7 Å². The number of hydrogen-bond donors (Lipinski definition) is 6. The number of aromatic nitrogens is 4. The van der Waals surface area contributed by atoms with Gasteiger partial charge in [-0.15, -0.1) is 11.3 Å². The molecule has 2 aromatic carbocycles. The van der Waals surface area contributed by atoms with Crippen LogP contribution in [0.25, 0.3) is 32.6 Å². The number of aliphatic hydroxyl groups excluding tert-OH is 1. The van der Waals surface area contributed by atoms with Crippen molar-refractivity contribution < 1.29 is 47.6 Å². The van der Waals surface area contributed by atoms with E-state index in [0.29, 0.717) is 56.7 Å². The molecule has 0 aliphatic carbocycles. The summed E-state index contributed by atoms with van der Waals surface area (Å²) in [4.78, 5) is 73.4. The van der Waals surface area contributed by atoms with Crippen molar-refractivity contribution in [1.29, 1.82) is 0 Å². The van der Waals surface area contributed by atoms with Crippen LogP contribution in [0.5, 0.6) is 0 Å². The molecule has 4 heterocycles. The van der Waals surface area contributed by atoms with Crippen LogP contribution < -0.4 is 26.6 Å². The number of unbranched alkanes of at least 4 members (excludes halogenated alkanes) is 3. The monoisotopic (exact) mass is 1060 g/mol. The molecule has 6 N–H and O–H groups in total. The Bertz CT molecular complexity index is 2700. The Hall–Kier alpha value is -6.23. The summed E-state index contributed by atoms with van der Waals surface area (Å²) >= 11 is 1.57. The third-order valence-electron chi connectivity index (χ3n) is 12.7. The molecule has 3 aromatic heterocycles. The molecule has 0 radical (unpaired) electrons. The van der Waals surface area contributed by atoms with E-state index in [1.165, 1.54) is 11.0 Å². The summed E-state index contributed by atoms with van der Waals surface area (Å²) in [6, 6.07) is 10.1. The lowest BCUT2D eigenvalue weighted by molar-refractivity contribution is -0.144. The highest BCUT2D eigenvalue weighted by Gasteiger charge is 2.44. The molecule has 19 nitrogen and oxygen atoms in total. The zero-order valence-corrected chi connectivity index (χ0v) is 45.2. The third-order valence-corrected chi connectivity index (χ3v) is 13.7. The number of carbonyl (C=O) groups excluding carboxylic acids is 4. The summed E-state index contributed by atoms with van der Waals surface area (Å²) in [5, 5.41) is 25.5. The van der Waals surface area contributed by atoms with Gasteiger partial charge in [-0.2, -0.15) is 4.98 Å². The Balaban J connectivity index is 0.775. The number of ether oxygens (including phenoxy) is 4. The molecule has 0 spiro atoms. The van der Waals surface area contributed by atoms with Gasteiger partial charge in [0.15, 0.2) is 5.65 Å². The van der Waals surface area contributed by atoms with Crippen molar-refractivity contribution in [2.24, 2.45) is 5.41 Å². The van der Waals surface area contributed by atoms with E-state index >= 15 is 0 Å². The number of halogens is 1. The lowest BCUT2D eigenvalue weighted by atomic mass is 9.85. The van der Waals surface area contributed by atoms with Gasteiger partial charge in [-0.3, -0.25) is 14.4 Å². The Morgan fingerprint density at radius 3 is 2.19 bits per heavy atom. The third kappa shape index (κ3) is 16.9. The van der Waals surface area contributed by atoms with Crippen LogP contribution in [0.4, 0.5) is 20.8 Å². The van der Waals surface area contributed by atoms with Gasteiger partial charge in [-0.1, -0.05) is 57.9 Å². The summed E-state index contributed by atoms with van der Waals surface area (Å²) in [5.41, 5.74) is 7.58. The van der Waals surface area contributed by atoms with Crippen LogP contribution in [-0.2, 0) is 33.3 Å². The molecule has 75 heavy (non-hydrogen) atoms. The predicted octanol–water partition coefficient (Wildman–Crippen LogP) is 7.04. The first-order valence-corrected chi connectivity index (χ1v) is 26.4. The van der Waals surface area contributed by atoms with Crippen molar-refractivity contribution in [1.82, 2.24) is 40.8 Å². The van der Waals surface area contributed by atoms with Gasteiger partial charge in [0.25, 0.3) is 0 Å². The highest BCUT2D eigenvalue weighted by Crippen LogP contribution is 2.33. The van der Waals surface area contributed by atoms with Crippen LogP contribution in [0.15, 0.2) is 54.2 Å². The zero-order valence-electron chi connectivity index (χ0n) is 44.3. The first kappa shape index (κ1) is 58.0. The molecule has 0 saturated carbocycles. The van der Waals surface area contributed by atoms with Crippen LogP contribution in [0, 0.1) is 32.0 Å². The Morgan fingerprint density at radius 2 is 1.52 bits per heavy atom. The lowest BCUT2D eigenvalue weighted by Crippen LogP contribution is -2.58. The molecule has 1 aliphatic rings. The molecule has 406 valence electrons. The minimum atomic E-state index is -0.978. The average molecular weight is 1060 g/mol. The fourth-order valence-corrected chi connectivity index (χ4v) is 9.41. The number of rotatable bonds is 27. The normalized spacial score (nSPS) is 15.4. The first-order chi connectivity index (χ1) is 35.9. The first-order valence-electron chi connectivity index (χ1n) is 25.5. The number of aliphatic hydroxyl groups is 1. The van der Waals surface area contributed by atoms with Gasteiger partial charge in [0.05, 0.1) is 73.6 Å². The maximum absolute atomic E-state index is 15.0. The number of urea groups is 1. The predicted molar refractivity (Wildman–Crippen MR) is 287 cm³/mol. The number of fused-ring (bicyclic) bond motifs is 1. The van der Waals surface area contributed by atoms with Crippen LogP contribution in [0.2, 0.25) is 0 Å². The van der Waals surface area contributed by atoms with Crippen molar-refractivity contribution in [3.8, 4) is 21.6 Å². The van der Waals surface area contributed by atoms with Crippen LogP contribution >= 0.6 is 11.3 Å². The van der Waals surface area contributed by atoms with Crippen molar-refractivity contribution >= 4 is 57.8 Å². The van der Waals surface area contributed by atoms with Crippen molar-refractivity contribution in [2.75, 3.05) is 83.6 Å². The van der Waals surface area contributed by atoms with E-state index in [4.69, 9.17) is 18.9 Å². The van der Waals surface area contributed by atoms with E-state index in [0.717, 1.165) is 69.6 Å². The number of β-amino-alcohol motifs (C(OH)–C–C–N with tert-alkyl or cyclic N) is 1. The standard InChI is InChI=1S/C54H73FN10O9S/c1-33-25-43(55)44(28-41(33)42-26-39-29-58-52(56-8)64-49(39)60-35(42)3)62-53(70)57-17-11-9-10-12-18-71-19-20-72-21-22-73-23-24-74-31-46(67)63-48(54(5,6)7)51(69)65-30-40(66)27-45(65)50(68)61-34(2)37-13-15-38(16-14-37)47-36(4)59-32-75-47/h13-16,25-26,28-29,32,34,40,45,48,66H,9-12,17-24,27,30-31H2,1-8H3,(H,61,68)(H,63,67)(H2,57,62,70)(H,56,58,60,64)/t34-,40+,45-,48-/m0/s1. The summed E-state index contributed by atoms with van der Waals surface area (Å²) in [7, 11) is 1.74. The number of pyridine rings is 1. The number of nitrogens with one attached hydrogen (secondary N) is 5. The smallest absolute Gasteiger partial charge is 0.319 e. The van der Waals surface area contributed by atoms with E-state index in [-0.39, 0.29) is 50.4 Å². The average Bonchev–Trinajstić information content (AvgIpc) is 4.00. The van der Waals surface area contributed by atoms with Gasteiger partial charge in [0.1, 0.15) is 24.5 Å². The lowest BCUT2D eigenvalue weighted by Gasteiger charge is -2.35. The molecule has 1 saturated heterocycles. The molecule has 5 amide bonds. The highest BCUT2D eigenvalue weighted by molar-refractivity contribution is 7.13. The second-order valence-electron chi connectivity index (χ2n) is 19.7. The van der Waals surface area contributed by atoms with Crippen molar-refractivity contribution in [2.45, 2.75) is 105 Å². The number of benzene rings is 2. The summed E-state index contributed by atoms with van der Waals surface area (Å²) < 4.78 is 37.3. The minimum Gasteiger partial charge on any atom is -0.391 e. The fourth-order valence-electron chi connectivity index (χ4n) is 8.60. The molecule has 21 heteroatoms. The molecule has 0 bridgehead atoms. The van der Waals surface area contributed by atoms with E-state index < -0.39 is 47.3 Å². The van der Waals surface area contributed by atoms with Crippen molar-refractivity contribution in [3.05, 3.63) is 82.5 Å². The molecular formula is C54H73FN10O9S. The Labute approximate surface area is 442 Å². The molecule has 0 unspecified atom stereocenters.